The molecule has 0 radical (unpaired) electrons. The highest BCUT2D eigenvalue weighted by Gasteiger charge is 2.32. The molecular formula is C17H23NO4. The number of hydrogen-bond donors (Lipinski definition) is 2. The number of hydrogen-bond acceptors (Lipinski definition) is 3. The van der Waals surface area contributed by atoms with Gasteiger partial charge in [-0.3, -0.25) is 4.79 Å². The van der Waals surface area contributed by atoms with E-state index in [4.69, 9.17) is 4.74 Å². The van der Waals surface area contributed by atoms with E-state index in [1.54, 1.807) is 0 Å². The van der Waals surface area contributed by atoms with E-state index in [2.05, 4.69) is 5.32 Å². The van der Waals surface area contributed by atoms with Gasteiger partial charge in [0, 0.05) is 6.42 Å². The lowest BCUT2D eigenvalue weighted by Gasteiger charge is -2.18. The Morgan fingerprint density at radius 2 is 1.95 bits per heavy atom. The van der Waals surface area contributed by atoms with Crippen molar-refractivity contribution in [2.24, 2.45) is 5.92 Å². The van der Waals surface area contributed by atoms with Gasteiger partial charge in [-0.25, -0.2) is 4.79 Å². The summed E-state index contributed by atoms with van der Waals surface area (Å²) in [5.41, 5.74) is 3.27. The first kappa shape index (κ1) is 16.3. The van der Waals surface area contributed by atoms with Gasteiger partial charge >= 0.3 is 5.97 Å². The molecule has 2 rings (SSSR count). The first-order chi connectivity index (χ1) is 10.3. The van der Waals surface area contributed by atoms with Crippen LogP contribution in [0.25, 0.3) is 0 Å². The Morgan fingerprint density at radius 3 is 2.55 bits per heavy atom. The predicted molar refractivity (Wildman–Crippen MR) is 83.1 cm³/mol. The molecule has 1 amide bonds. The van der Waals surface area contributed by atoms with Crippen LogP contribution in [0.4, 0.5) is 0 Å². The second-order valence-corrected chi connectivity index (χ2v) is 6.38. The fourth-order valence-corrected chi connectivity index (χ4v) is 2.62. The van der Waals surface area contributed by atoms with Crippen molar-refractivity contribution in [1.82, 2.24) is 5.32 Å². The average molecular weight is 305 g/mol. The van der Waals surface area contributed by atoms with Crippen molar-refractivity contribution < 1.29 is 19.4 Å². The van der Waals surface area contributed by atoms with Gasteiger partial charge < -0.3 is 15.2 Å². The number of ether oxygens (including phenoxy) is 1. The molecule has 0 bridgehead atoms. The summed E-state index contributed by atoms with van der Waals surface area (Å²) in [6.45, 7) is 7.87. The number of carbonyl (C=O) groups is 2. The molecule has 5 heteroatoms. The molecule has 0 aliphatic carbocycles. The van der Waals surface area contributed by atoms with Crippen molar-refractivity contribution in [2.75, 3.05) is 0 Å². The molecule has 0 aromatic heterocycles. The minimum Gasteiger partial charge on any atom is -0.480 e. The molecule has 0 fully saturated rings. The van der Waals surface area contributed by atoms with E-state index >= 15 is 0 Å². The highest BCUT2D eigenvalue weighted by molar-refractivity contribution is 5.87. The van der Waals surface area contributed by atoms with E-state index in [-0.39, 0.29) is 11.8 Å². The maximum atomic E-state index is 12.3. The number of rotatable bonds is 5. The number of aryl methyl sites for hydroxylation is 2. The number of benzene rings is 1. The summed E-state index contributed by atoms with van der Waals surface area (Å²) in [4.78, 5) is 23.5. The van der Waals surface area contributed by atoms with Gasteiger partial charge in [-0.05, 0) is 48.9 Å². The van der Waals surface area contributed by atoms with Crippen LogP contribution in [-0.2, 0) is 16.0 Å². The third kappa shape index (κ3) is 3.59. The van der Waals surface area contributed by atoms with Crippen LogP contribution in [0, 0.1) is 19.8 Å². The van der Waals surface area contributed by atoms with E-state index in [0.29, 0.717) is 12.8 Å². The first-order valence-corrected chi connectivity index (χ1v) is 7.58. The highest BCUT2D eigenvalue weighted by Crippen LogP contribution is 2.31. The number of carboxylic acid groups (broad SMARTS) is 1. The fourth-order valence-electron chi connectivity index (χ4n) is 2.62. The molecule has 1 aliphatic rings. The van der Waals surface area contributed by atoms with E-state index in [9.17, 15) is 14.7 Å². The van der Waals surface area contributed by atoms with Crippen molar-refractivity contribution in [1.29, 1.82) is 0 Å². The van der Waals surface area contributed by atoms with Crippen molar-refractivity contribution in [3.63, 3.8) is 0 Å². The van der Waals surface area contributed by atoms with Crippen LogP contribution in [0.3, 0.4) is 0 Å². The van der Waals surface area contributed by atoms with Crippen LogP contribution < -0.4 is 10.1 Å². The maximum absolute atomic E-state index is 12.3. The molecule has 1 aromatic carbocycles. The molecule has 120 valence electrons. The van der Waals surface area contributed by atoms with Crippen LogP contribution in [0.1, 0.15) is 37.0 Å². The zero-order chi connectivity index (χ0) is 16.4. The molecule has 2 N–H and O–H groups in total. The Kier molecular flexibility index (Phi) is 4.74. The summed E-state index contributed by atoms with van der Waals surface area (Å²) in [7, 11) is 0. The molecule has 2 unspecified atom stereocenters. The van der Waals surface area contributed by atoms with Crippen molar-refractivity contribution in [3.8, 4) is 5.75 Å². The van der Waals surface area contributed by atoms with Crippen LogP contribution in [-0.4, -0.2) is 29.1 Å². The average Bonchev–Trinajstić information content (AvgIpc) is 2.80. The summed E-state index contributed by atoms with van der Waals surface area (Å²) in [6.07, 6.45) is 0.236. The molecule has 0 saturated heterocycles. The lowest BCUT2D eigenvalue weighted by atomic mass is 10.0. The standard InChI is InChI=1S/C17H23NO4/c1-9(2)5-13(17(20)21)18-16(19)15-8-12-6-10(3)11(4)7-14(12)22-15/h6-7,9,13,15H,5,8H2,1-4H3,(H,18,19)(H,20,21). The Bertz CT molecular complexity index is 564. The van der Waals surface area contributed by atoms with Gasteiger partial charge in [-0.1, -0.05) is 19.9 Å². The highest BCUT2D eigenvalue weighted by atomic mass is 16.5. The van der Waals surface area contributed by atoms with Crippen LogP contribution in [0.5, 0.6) is 5.75 Å². The molecule has 5 nitrogen and oxygen atoms in total. The van der Waals surface area contributed by atoms with E-state index in [0.717, 1.165) is 22.4 Å². The van der Waals surface area contributed by atoms with Gasteiger partial charge in [-0.15, -0.1) is 0 Å². The number of fused-ring (bicyclic) bond motifs is 1. The Labute approximate surface area is 130 Å². The van der Waals surface area contributed by atoms with E-state index < -0.39 is 18.1 Å². The minimum absolute atomic E-state index is 0.188. The van der Waals surface area contributed by atoms with Crippen LogP contribution in [0.2, 0.25) is 0 Å². The molecule has 2 atom stereocenters. The van der Waals surface area contributed by atoms with Crippen molar-refractivity contribution in [3.05, 3.63) is 28.8 Å². The number of carboxylic acids is 1. The number of carbonyl (C=O) groups excluding carboxylic acids is 1. The molecule has 0 spiro atoms. The SMILES string of the molecule is Cc1cc2c(cc1C)OC(C(=O)NC(CC(C)C)C(=O)O)C2. The zero-order valence-electron chi connectivity index (χ0n) is 13.5. The first-order valence-electron chi connectivity index (χ1n) is 7.58. The summed E-state index contributed by atoms with van der Waals surface area (Å²) >= 11 is 0. The summed E-state index contributed by atoms with van der Waals surface area (Å²) in [6, 6.07) is 3.09. The van der Waals surface area contributed by atoms with Gasteiger partial charge in [0.2, 0.25) is 0 Å². The Balaban J connectivity index is 2.04. The van der Waals surface area contributed by atoms with Gasteiger partial charge in [0.25, 0.3) is 5.91 Å². The van der Waals surface area contributed by atoms with E-state index in [1.807, 2.05) is 39.8 Å². The monoisotopic (exact) mass is 305 g/mol. The third-order valence-corrected chi connectivity index (χ3v) is 3.97. The molecule has 0 saturated carbocycles. The maximum Gasteiger partial charge on any atom is 0.326 e. The second kappa shape index (κ2) is 6.38. The lowest BCUT2D eigenvalue weighted by molar-refractivity contribution is -0.143. The largest absolute Gasteiger partial charge is 0.480 e. The zero-order valence-corrected chi connectivity index (χ0v) is 13.5. The van der Waals surface area contributed by atoms with Crippen LogP contribution in [0.15, 0.2) is 12.1 Å². The van der Waals surface area contributed by atoms with Crippen LogP contribution >= 0.6 is 0 Å². The molecule has 22 heavy (non-hydrogen) atoms. The predicted octanol–water partition coefficient (Wildman–Crippen LogP) is 2.22. The Morgan fingerprint density at radius 1 is 1.32 bits per heavy atom. The summed E-state index contributed by atoms with van der Waals surface area (Å²) in [5.74, 6) is -0.462. The molecular weight excluding hydrogens is 282 g/mol. The van der Waals surface area contributed by atoms with Gasteiger partial charge in [0.05, 0.1) is 0 Å². The summed E-state index contributed by atoms with van der Waals surface area (Å²) < 4.78 is 5.69. The van der Waals surface area contributed by atoms with Crippen molar-refractivity contribution in [2.45, 2.75) is 52.7 Å². The fraction of sp³-hybridized carbons (Fsp3) is 0.529. The Hall–Kier alpha value is -2.04. The number of aliphatic carboxylic acids is 1. The lowest BCUT2D eigenvalue weighted by Crippen LogP contribution is -2.47. The normalized spacial score (nSPS) is 17.8. The van der Waals surface area contributed by atoms with E-state index in [1.165, 1.54) is 0 Å². The number of nitrogens with one attached hydrogen (secondary N) is 1. The molecule has 1 aliphatic heterocycles. The minimum atomic E-state index is -1.01. The smallest absolute Gasteiger partial charge is 0.326 e. The van der Waals surface area contributed by atoms with Gasteiger partial charge in [0.15, 0.2) is 6.10 Å². The summed E-state index contributed by atoms with van der Waals surface area (Å²) in [5, 5.41) is 11.8. The van der Waals surface area contributed by atoms with Gasteiger partial charge in [-0.2, -0.15) is 0 Å². The molecule has 1 heterocycles. The topological polar surface area (TPSA) is 75.6 Å². The van der Waals surface area contributed by atoms with Gasteiger partial charge in [0.1, 0.15) is 11.8 Å². The third-order valence-electron chi connectivity index (χ3n) is 3.97. The number of amides is 1. The second-order valence-electron chi connectivity index (χ2n) is 6.38. The van der Waals surface area contributed by atoms with Crippen molar-refractivity contribution >= 4 is 11.9 Å². The quantitative estimate of drug-likeness (QED) is 0.874. The molecule has 1 aromatic rings.